The van der Waals surface area contributed by atoms with Gasteiger partial charge in [0.05, 0.1) is 6.42 Å². The van der Waals surface area contributed by atoms with Crippen LogP contribution < -0.4 is 5.73 Å². The molecule has 0 amide bonds. The number of nitrogens with two attached hydrogens (primary N) is 1. The van der Waals surface area contributed by atoms with E-state index in [2.05, 4.69) is 12.1 Å². The Kier molecular flexibility index (Phi) is 8.82. The number of hydrogen-bond donors (Lipinski definition) is 2. The molecule has 88 valence electrons. The van der Waals surface area contributed by atoms with Crippen LogP contribution in [-0.4, -0.2) is 23.9 Å². The minimum Gasteiger partial charge on any atom is -0.481 e. The van der Waals surface area contributed by atoms with Gasteiger partial charge in [-0.3, -0.25) is 4.79 Å². The van der Waals surface area contributed by atoms with Gasteiger partial charge in [0.15, 0.2) is 0 Å². The molecule has 0 fully saturated rings. The second-order valence-corrected chi connectivity index (χ2v) is 3.12. The number of carbonyl (C=O) groups is 2. The number of rotatable bonds is 5. The van der Waals surface area contributed by atoms with Gasteiger partial charge in [-0.15, -0.1) is 0 Å². The lowest BCUT2D eigenvalue weighted by Crippen LogP contribution is -2.01. The highest BCUT2D eigenvalue weighted by molar-refractivity contribution is 5.70. The van der Waals surface area contributed by atoms with Crippen molar-refractivity contribution in [3.63, 3.8) is 0 Å². The van der Waals surface area contributed by atoms with Crippen molar-refractivity contribution in [3.05, 3.63) is 35.9 Å². The van der Waals surface area contributed by atoms with Gasteiger partial charge in [0.1, 0.15) is 6.29 Å². The molecule has 1 aromatic rings. The number of carbonyl (C=O) groups excluding carboxylic acids is 1. The molecule has 0 aliphatic carbocycles. The standard InChI is InChI=1S/C8H11N.C4H6O3/c9-7-6-8-4-2-1-3-5-8;5-3-1-2-4(6)7/h1-5H,6-7,9H2;3H,1-2H2,(H,6,7). The number of carboxylic acids is 1. The van der Waals surface area contributed by atoms with Crippen LogP contribution in [0, 0.1) is 0 Å². The summed E-state index contributed by atoms with van der Waals surface area (Å²) in [5, 5.41) is 7.89. The predicted octanol–water partition coefficient (Wildman–Crippen LogP) is 1.24. The fraction of sp³-hybridized carbons (Fsp3) is 0.333. The highest BCUT2D eigenvalue weighted by Gasteiger charge is 1.91. The molecule has 0 saturated carbocycles. The van der Waals surface area contributed by atoms with Gasteiger partial charge in [0.25, 0.3) is 0 Å². The molecule has 16 heavy (non-hydrogen) atoms. The van der Waals surface area contributed by atoms with E-state index in [0.717, 1.165) is 13.0 Å². The first-order chi connectivity index (χ1) is 7.70. The van der Waals surface area contributed by atoms with Crippen molar-refractivity contribution < 1.29 is 14.7 Å². The Morgan fingerprint density at radius 2 is 1.94 bits per heavy atom. The molecular weight excluding hydrogens is 206 g/mol. The highest BCUT2D eigenvalue weighted by atomic mass is 16.4. The largest absolute Gasteiger partial charge is 0.481 e. The predicted molar refractivity (Wildman–Crippen MR) is 62.1 cm³/mol. The van der Waals surface area contributed by atoms with Gasteiger partial charge in [-0.05, 0) is 18.5 Å². The van der Waals surface area contributed by atoms with E-state index in [1.807, 2.05) is 18.2 Å². The molecule has 0 bridgehead atoms. The third kappa shape index (κ3) is 8.90. The lowest BCUT2D eigenvalue weighted by Gasteiger charge is -1.93. The molecule has 0 aliphatic rings. The van der Waals surface area contributed by atoms with Gasteiger partial charge in [0.2, 0.25) is 0 Å². The fourth-order valence-electron chi connectivity index (χ4n) is 0.994. The molecule has 0 atom stereocenters. The second kappa shape index (κ2) is 9.86. The third-order valence-electron chi connectivity index (χ3n) is 1.75. The zero-order valence-electron chi connectivity index (χ0n) is 9.13. The Balaban J connectivity index is 0.000000293. The molecule has 3 N–H and O–H groups in total. The van der Waals surface area contributed by atoms with Crippen LogP contribution in [0.1, 0.15) is 18.4 Å². The summed E-state index contributed by atoms with van der Waals surface area (Å²) in [7, 11) is 0. The monoisotopic (exact) mass is 223 g/mol. The normalized spacial score (nSPS) is 8.81. The van der Waals surface area contributed by atoms with Crippen molar-refractivity contribution in [2.24, 2.45) is 5.73 Å². The van der Waals surface area contributed by atoms with E-state index in [1.54, 1.807) is 0 Å². The molecule has 0 saturated heterocycles. The highest BCUT2D eigenvalue weighted by Crippen LogP contribution is 1.96. The molecule has 4 nitrogen and oxygen atoms in total. The van der Waals surface area contributed by atoms with Crippen molar-refractivity contribution in [2.45, 2.75) is 19.3 Å². The Morgan fingerprint density at radius 1 is 1.31 bits per heavy atom. The maximum absolute atomic E-state index is 9.60. The van der Waals surface area contributed by atoms with Crippen LogP contribution in [0.4, 0.5) is 0 Å². The van der Waals surface area contributed by atoms with Gasteiger partial charge in [-0.1, -0.05) is 30.3 Å². The Labute approximate surface area is 95.1 Å². The summed E-state index contributed by atoms with van der Waals surface area (Å²) in [5.41, 5.74) is 6.68. The zero-order chi connectivity index (χ0) is 12.2. The molecule has 1 aromatic carbocycles. The summed E-state index contributed by atoms with van der Waals surface area (Å²) in [6.07, 6.45) is 1.65. The minimum absolute atomic E-state index is 0.0521. The van der Waals surface area contributed by atoms with Gasteiger partial charge in [0, 0.05) is 6.42 Å². The van der Waals surface area contributed by atoms with Crippen LogP contribution in [0.2, 0.25) is 0 Å². The molecule has 1 rings (SSSR count). The Morgan fingerprint density at radius 3 is 2.31 bits per heavy atom. The summed E-state index contributed by atoms with van der Waals surface area (Å²) in [6, 6.07) is 10.3. The molecular formula is C12H17NO3. The first kappa shape index (κ1) is 14.3. The van der Waals surface area contributed by atoms with E-state index in [9.17, 15) is 9.59 Å². The van der Waals surface area contributed by atoms with Gasteiger partial charge in [-0.25, -0.2) is 0 Å². The average Bonchev–Trinajstić information content (AvgIpc) is 2.29. The van der Waals surface area contributed by atoms with E-state index in [0.29, 0.717) is 6.29 Å². The molecule has 4 heteroatoms. The smallest absolute Gasteiger partial charge is 0.303 e. The SMILES string of the molecule is NCCc1ccccc1.O=CCCC(=O)O. The van der Waals surface area contributed by atoms with Crippen molar-refractivity contribution in [1.82, 2.24) is 0 Å². The lowest BCUT2D eigenvalue weighted by atomic mass is 10.2. The summed E-state index contributed by atoms with van der Waals surface area (Å²) in [6.45, 7) is 0.740. The maximum Gasteiger partial charge on any atom is 0.303 e. The van der Waals surface area contributed by atoms with Crippen molar-refractivity contribution >= 4 is 12.3 Å². The van der Waals surface area contributed by atoms with Crippen molar-refractivity contribution in [2.75, 3.05) is 6.54 Å². The topological polar surface area (TPSA) is 80.4 Å². The van der Waals surface area contributed by atoms with Crippen LogP contribution in [0.5, 0.6) is 0 Å². The molecule has 0 radical (unpaired) electrons. The maximum atomic E-state index is 9.60. The van der Waals surface area contributed by atoms with Crippen molar-refractivity contribution in [1.29, 1.82) is 0 Å². The van der Waals surface area contributed by atoms with Crippen LogP contribution in [-0.2, 0) is 16.0 Å². The van der Waals surface area contributed by atoms with E-state index >= 15 is 0 Å². The average molecular weight is 223 g/mol. The minimum atomic E-state index is -0.924. The first-order valence-electron chi connectivity index (χ1n) is 5.10. The van der Waals surface area contributed by atoms with E-state index in [4.69, 9.17) is 10.8 Å². The lowest BCUT2D eigenvalue weighted by molar-refractivity contribution is -0.137. The van der Waals surface area contributed by atoms with Crippen LogP contribution in [0.25, 0.3) is 0 Å². The molecule has 0 aromatic heterocycles. The third-order valence-corrected chi connectivity index (χ3v) is 1.75. The number of aliphatic carboxylic acids is 1. The molecule has 0 aliphatic heterocycles. The number of benzene rings is 1. The van der Waals surface area contributed by atoms with Gasteiger partial charge in [-0.2, -0.15) is 0 Å². The number of aldehydes is 1. The molecule has 0 unspecified atom stereocenters. The Bertz CT molecular complexity index is 298. The summed E-state index contributed by atoms with van der Waals surface area (Å²) < 4.78 is 0. The Hall–Kier alpha value is -1.68. The van der Waals surface area contributed by atoms with Crippen LogP contribution >= 0.6 is 0 Å². The van der Waals surface area contributed by atoms with Gasteiger partial charge >= 0.3 is 5.97 Å². The van der Waals surface area contributed by atoms with Gasteiger partial charge < -0.3 is 15.6 Å². The van der Waals surface area contributed by atoms with E-state index in [1.165, 1.54) is 5.56 Å². The summed E-state index contributed by atoms with van der Waals surface area (Å²) in [5.74, 6) is -0.924. The number of hydrogen-bond acceptors (Lipinski definition) is 3. The number of carboxylic acid groups (broad SMARTS) is 1. The second-order valence-electron chi connectivity index (χ2n) is 3.12. The van der Waals surface area contributed by atoms with E-state index in [-0.39, 0.29) is 12.8 Å². The first-order valence-corrected chi connectivity index (χ1v) is 5.10. The zero-order valence-corrected chi connectivity index (χ0v) is 9.13. The fourth-order valence-corrected chi connectivity index (χ4v) is 0.994. The van der Waals surface area contributed by atoms with Crippen LogP contribution in [0.15, 0.2) is 30.3 Å². The summed E-state index contributed by atoms with van der Waals surface area (Å²) in [4.78, 5) is 19.0. The van der Waals surface area contributed by atoms with Crippen LogP contribution in [0.3, 0.4) is 0 Å². The van der Waals surface area contributed by atoms with E-state index < -0.39 is 5.97 Å². The quantitative estimate of drug-likeness (QED) is 0.736. The molecule has 0 spiro atoms. The van der Waals surface area contributed by atoms with Crippen molar-refractivity contribution in [3.8, 4) is 0 Å². The summed E-state index contributed by atoms with van der Waals surface area (Å²) >= 11 is 0. The molecule has 0 heterocycles.